The quantitative estimate of drug-likeness (QED) is 0.563. The van der Waals surface area contributed by atoms with E-state index in [4.69, 9.17) is 10.5 Å². The summed E-state index contributed by atoms with van der Waals surface area (Å²) in [6, 6.07) is 4.85. The molecule has 0 radical (unpaired) electrons. The van der Waals surface area contributed by atoms with Gasteiger partial charge in [-0.15, -0.1) is 11.3 Å². The molecule has 0 bridgehead atoms. The van der Waals surface area contributed by atoms with Crippen molar-refractivity contribution in [3.63, 3.8) is 0 Å². The average Bonchev–Trinajstić information content (AvgIpc) is 3.22. The summed E-state index contributed by atoms with van der Waals surface area (Å²) < 4.78 is 34.1. The second-order valence-corrected chi connectivity index (χ2v) is 9.00. The van der Waals surface area contributed by atoms with Crippen LogP contribution in [0.1, 0.15) is 48.0 Å². The molecule has 0 saturated carbocycles. The average molecular weight is 460 g/mol. The predicted molar refractivity (Wildman–Crippen MR) is 116 cm³/mol. The number of nitrogens with zero attached hydrogens (tertiary/aromatic N) is 2. The second kappa shape index (κ2) is 8.74. The van der Waals surface area contributed by atoms with Crippen molar-refractivity contribution >= 4 is 17.1 Å². The van der Waals surface area contributed by atoms with Crippen LogP contribution < -0.4 is 5.73 Å². The van der Waals surface area contributed by atoms with Crippen LogP contribution in [0.15, 0.2) is 42.0 Å². The molecule has 168 valence electrons. The van der Waals surface area contributed by atoms with Gasteiger partial charge in [0.1, 0.15) is 27.9 Å². The number of carbonyl (C=O) groups is 1. The van der Waals surface area contributed by atoms with E-state index in [1.807, 2.05) is 0 Å². The third kappa shape index (κ3) is 4.21. The molecule has 1 aliphatic rings. The number of pyridine rings is 1. The largest absolute Gasteiger partial charge is 0.386 e. The molecule has 3 aromatic rings. The van der Waals surface area contributed by atoms with Crippen molar-refractivity contribution in [2.75, 3.05) is 0 Å². The third-order valence-corrected chi connectivity index (χ3v) is 6.88. The number of nitrogens with two attached hydrogens (primary N) is 1. The van der Waals surface area contributed by atoms with Crippen LogP contribution in [0.3, 0.4) is 0 Å². The van der Waals surface area contributed by atoms with Gasteiger partial charge < -0.3 is 15.6 Å². The maximum atomic E-state index is 14.1. The Kier molecular flexibility index (Phi) is 6.17. The molecule has 0 unspecified atom stereocenters. The molecule has 0 aliphatic carbocycles. The lowest BCUT2D eigenvalue weighted by atomic mass is 9.82. The summed E-state index contributed by atoms with van der Waals surface area (Å²) in [7, 11) is 0. The van der Waals surface area contributed by atoms with E-state index in [0.717, 1.165) is 29.0 Å². The minimum absolute atomic E-state index is 0.00796. The van der Waals surface area contributed by atoms with Crippen molar-refractivity contribution in [1.82, 2.24) is 9.97 Å². The maximum absolute atomic E-state index is 14.1. The Morgan fingerprint density at radius 1 is 1.34 bits per heavy atom. The fourth-order valence-electron chi connectivity index (χ4n) is 3.79. The normalized spacial score (nSPS) is 25.6. The highest BCUT2D eigenvalue weighted by Crippen LogP contribution is 2.37. The highest BCUT2D eigenvalue weighted by Gasteiger charge is 2.43. The van der Waals surface area contributed by atoms with Crippen LogP contribution in [-0.4, -0.2) is 38.6 Å². The number of hydrogen-bond donors (Lipinski definition) is 2. The maximum Gasteiger partial charge on any atom is 0.186 e. The van der Waals surface area contributed by atoms with Gasteiger partial charge in [0.05, 0.1) is 17.8 Å². The lowest BCUT2D eigenvalue weighted by Gasteiger charge is -2.44. The van der Waals surface area contributed by atoms with Gasteiger partial charge in [-0.2, -0.15) is 0 Å². The lowest BCUT2D eigenvalue weighted by molar-refractivity contribution is -0.171. The van der Waals surface area contributed by atoms with E-state index in [1.165, 1.54) is 11.4 Å². The van der Waals surface area contributed by atoms with Crippen LogP contribution >= 0.6 is 11.3 Å². The third-order valence-electron chi connectivity index (χ3n) is 6.02. The first-order chi connectivity index (χ1) is 15.2. The van der Waals surface area contributed by atoms with Gasteiger partial charge in [-0.25, -0.2) is 13.8 Å². The lowest BCUT2D eigenvalue weighted by Crippen LogP contribution is -2.58. The number of aliphatic hydroxyl groups is 1. The van der Waals surface area contributed by atoms with Gasteiger partial charge in [0, 0.05) is 30.2 Å². The molecule has 0 spiro atoms. The number of ether oxygens (including phenoxy) is 1. The van der Waals surface area contributed by atoms with E-state index in [9.17, 15) is 18.7 Å². The van der Waals surface area contributed by atoms with Crippen molar-refractivity contribution in [2.24, 2.45) is 5.73 Å². The predicted octanol–water partition coefficient (Wildman–Crippen LogP) is 3.84. The minimum Gasteiger partial charge on any atom is -0.386 e. The fraction of sp³-hybridized carbons (Fsp3) is 0.348. The number of rotatable bonds is 5. The monoisotopic (exact) mass is 459 g/mol. The van der Waals surface area contributed by atoms with Crippen molar-refractivity contribution in [1.29, 1.82) is 0 Å². The summed E-state index contributed by atoms with van der Waals surface area (Å²) in [5.41, 5.74) is 6.31. The zero-order valence-corrected chi connectivity index (χ0v) is 18.4. The van der Waals surface area contributed by atoms with E-state index in [-0.39, 0.29) is 28.5 Å². The first kappa shape index (κ1) is 22.6. The molecule has 32 heavy (non-hydrogen) atoms. The molecule has 2 aromatic heterocycles. The molecule has 9 heteroatoms. The molecule has 0 amide bonds. The summed E-state index contributed by atoms with van der Waals surface area (Å²) >= 11 is 1.01. The van der Waals surface area contributed by atoms with Crippen molar-refractivity contribution < 1.29 is 23.4 Å². The summed E-state index contributed by atoms with van der Waals surface area (Å²) in [6.07, 6.45) is 2.68. The standard InChI is InChI=1S/C23H23F2N3O3S/c1-12-23(2,30)20(26)9-19(31-12)14-6-7-27-10-13(14)8-18(29)17-11-32-22(28-17)21-15(24)4-3-5-16(21)25/h3-7,10-12,19-20,30H,8-9,26H2,1-2H3/t12-,19-,20-,23-/m1/s1. The van der Waals surface area contributed by atoms with Crippen molar-refractivity contribution in [3.05, 3.63) is 70.5 Å². The highest BCUT2D eigenvalue weighted by molar-refractivity contribution is 7.13. The van der Waals surface area contributed by atoms with E-state index in [0.29, 0.717) is 12.0 Å². The van der Waals surface area contributed by atoms with Gasteiger partial charge in [-0.1, -0.05) is 6.07 Å². The molecule has 3 heterocycles. The van der Waals surface area contributed by atoms with Gasteiger partial charge in [-0.05, 0) is 49.6 Å². The Morgan fingerprint density at radius 2 is 2.06 bits per heavy atom. The fourth-order valence-corrected chi connectivity index (χ4v) is 4.66. The van der Waals surface area contributed by atoms with Gasteiger partial charge in [0.2, 0.25) is 0 Å². The number of Topliss-reactive ketones (excluding diaryl/α,β-unsaturated/α-hetero) is 1. The molecule has 4 atom stereocenters. The Labute approximate surface area is 188 Å². The second-order valence-electron chi connectivity index (χ2n) is 8.14. The van der Waals surface area contributed by atoms with Gasteiger partial charge in [0.25, 0.3) is 0 Å². The Balaban J connectivity index is 1.56. The molecule has 1 saturated heterocycles. The van der Waals surface area contributed by atoms with Crippen LogP contribution in [0.25, 0.3) is 10.6 Å². The van der Waals surface area contributed by atoms with Gasteiger partial charge in [-0.3, -0.25) is 9.78 Å². The number of thiazole rings is 1. The van der Waals surface area contributed by atoms with Gasteiger partial charge in [0.15, 0.2) is 5.78 Å². The Morgan fingerprint density at radius 3 is 2.75 bits per heavy atom. The topological polar surface area (TPSA) is 98.3 Å². The number of ketones is 1. The van der Waals surface area contributed by atoms with Crippen LogP contribution in [-0.2, 0) is 11.2 Å². The van der Waals surface area contributed by atoms with Crippen LogP contribution in [0, 0.1) is 11.6 Å². The van der Waals surface area contributed by atoms with E-state index in [1.54, 1.807) is 32.3 Å². The summed E-state index contributed by atoms with van der Waals surface area (Å²) in [4.78, 5) is 21.2. The SMILES string of the molecule is C[C@H]1O[C@@H](c2ccncc2CC(=O)c2csc(-c3c(F)cccc3F)n2)C[C@@H](N)[C@]1(C)O. The molecular weight excluding hydrogens is 436 g/mol. The zero-order chi connectivity index (χ0) is 23.0. The van der Waals surface area contributed by atoms with E-state index in [2.05, 4.69) is 9.97 Å². The summed E-state index contributed by atoms with van der Waals surface area (Å²) in [5, 5.41) is 12.1. The Hall–Kier alpha value is -2.59. The Bertz CT molecular complexity index is 1120. The summed E-state index contributed by atoms with van der Waals surface area (Å²) in [5.74, 6) is -1.77. The van der Waals surface area contributed by atoms with Crippen molar-refractivity contribution in [2.45, 2.75) is 50.5 Å². The molecule has 4 rings (SSSR count). The smallest absolute Gasteiger partial charge is 0.186 e. The molecule has 1 fully saturated rings. The molecule has 1 aliphatic heterocycles. The zero-order valence-electron chi connectivity index (χ0n) is 17.6. The van der Waals surface area contributed by atoms with E-state index >= 15 is 0 Å². The van der Waals surface area contributed by atoms with Crippen molar-refractivity contribution in [3.8, 4) is 10.6 Å². The van der Waals surface area contributed by atoms with Crippen LogP contribution in [0.5, 0.6) is 0 Å². The first-order valence-corrected chi connectivity index (χ1v) is 11.1. The molecule has 6 nitrogen and oxygen atoms in total. The number of carbonyl (C=O) groups excluding carboxylic acids is 1. The first-order valence-electron chi connectivity index (χ1n) is 10.2. The number of hydrogen-bond acceptors (Lipinski definition) is 7. The molecular formula is C23H23F2N3O3S. The number of benzene rings is 1. The van der Waals surface area contributed by atoms with Crippen LogP contribution in [0.4, 0.5) is 8.78 Å². The number of aromatic nitrogens is 2. The van der Waals surface area contributed by atoms with E-state index < -0.39 is 35.5 Å². The summed E-state index contributed by atoms with van der Waals surface area (Å²) in [6.45, 7) is 3.41. The minimum atomic E-state index is -1.15. The van der Waals surface area contributed by atoms with Crippen LogP contribution in [0.2, 0.25) is 0 Å². The number of halogens is 2. The highest BCUT2D eigenvalue weighted by atomic mass is 32.1. The van der Waals surface area contributed by atoms with Gasteiger partial charge >= 0.3 is 0 Å². The molecule has 3 N–H and O–H groups in total. The molecule has 1 aromatic carbocycles.